The van der Waals surface area contributed by atoms with Gasteiger partial charge in [0.05, 0.1) is 18.9 Å². The van der Waals surface area contributed by atoms with Crippen molar-refractivity contribution in [2.75, 3.05) is 6.61 Å². The van der Waals surface area contributed by atoms with Gasteiger partial charge in [0.2, 0.25) is 0 Å². The quantitative estimate of drug-likeness (QED) is 0.0991. The zero-order valence-corrected chi connectivity index (χ0v) is 20.5. The van der Waals surface area contributed by atoms with E-state index in [0.717, 1.165) is 32.1 Å². The monoisotopic (exact) mass is 438 g/mol. The van der Waals surface area contributed by atoms with Gasteiger partial charge >= 0.3 is 11.9 Å². The van der Waals surface area contributed by atoms with Gasteiger partial charge in [0.25, 0.3) is 0 Å². The van der Waals surface area contributed by atoms with Gasteiger partial charge in [0, 0.05) is 0 Å². The van der Waals surface area contributed by atoms with E-state index in [-0.39, 0.29) is 12.4 Å². The van der Waals surface area contributed by atoms with Crippen molar-refractivity contribution < 1.29 is 19.4 Å². The molecule has 4 heteroatoms. The molecule has 1 unspecified atom stereocenters. The van der Waals surface area contributed by atoms with Crippen LogP contribution in [-0.4, -0.2) is 23.7 Å². The molecule has 1 atom stereocenters. The summed E-state index contributed by atoms with van der Waals surface area (Å²) in [5, 5.41) is 9.28. The first-order valence-electron chi connectivity index (χ1n) is 13.1. The molecule has 0 rings (SSSR count). The van der Waals surface area contributed by atoms with Crippen molar-refractivity contribution in [2.24, 2.45) is 5.92 Å². The fourth-order valence-electron chi connectivity index (χ4n) is 3.78. The highest BCUT2D eigenvalue weighted by Gasteiger charge is 2.21. The third-order valence-electron chi connectivity index (χ3n) is 5.79. The van der Waals surface area contributed by atoms with E-state index >= 15 is 0 Å². The van der Waals surface area contributed by atoms with Crippen LogP contribution in [0.4, 0.5) is 0 Å². The van der Waals surface area contributed by atoms with E-state index < -0.39 is 11.9 Å². The summed E-state index contributed by atoms with van der Waals surface area (Å²) in [6, 6.07) is 0. The fraction of sp³-hybridized carbons (Fsp3) is 0.852. The summed E-state index contributed by atoms with van der Waals surface area (Å²) in [7, 11) is 0. The Balaban J connectivity index is 3.47. The van der Waals surface area contributed by atoms with Gasteiger partial charge in [-0.15, -0.1) is 0 Å². The zero-order chi connectivity index (χ0) is 23.0. The summed E-state index contributed by atoms with van der Waals surface area (Å²) in [6.45, 7) is 4.57. The number of ether oxygens (including phenoxy) is 1. The van der Waals surface area contributed by atoms with E-state index in [9.17, 15) is 14.7 Å². The zero-order valence-electron chi connectivity index (χ0n) is 20.5. The van der Waals surface area contributed by atoms with Gasteiger partial charge in [0.15, 0.2) is 0 Å². The van der Waals surface area contributed by atoms with E-state index in [1.807, 2.05) is 6.92 Å². The van der Waals surface area contributed by atoms with Crippen LogP contribution in [-0.2, 0) is 14.3 Å². The summed E-state index contributed by atoms with van der Waals surface area (Å²) < 4.78 is 5.00. The van der Waals surface area contributed by atoms with E-state index in [4.69, 9.17) is 4.74 Å². The van der Waals surface area contributed by atoms with Gasteiger partial charge in [-0.05, 0) is 38.5 Å². The maximum absolute atomic E-state index is 11.6. The van der Waals surface area contributed by atoms with Crippen molar-refractivity contribution in [2.45, 2.75) is 136 Å². The lowest BCUT2D eigenvalue weighted by molar-refractivity contribution is -0.151. The Morgan fingerprint density at radius 2 is 1.19 bits per heavy atom. The average molecular weight is 439 g/mol. The highest BCUT2D eigenvalue weighted by atomic mass is 16.5. The van der Waals surface area contributed by atoms with Crippen LogP contribution < -0.4 is 0 Å². The molecule has 0 saturated heterocycles. The number of carbonyl (C=O) groups is 2. The number of aliphatic carboxylic acids is 1. The third kappa shape index (κ3) is 21.7. The highest BCUT2D eigenvalue weighted by molar-refractivity contribution is 5.78. The van der Waals surface area contributed by atoms with Crippen LogP contribution in [0.25, 0.3) is 0 Å². The molecule has 0 heterocycles. The summed E-state index contributed by atoms with van der Waals surface area (Å²) in [6.07, 6.45) is 26.3. The lowest BCUT2D eigenvalue weighted by atomic mass is 9.97. The van der Waals surface area contributed by atoms with Gasteiger partial charge in [0.1, 0.15) is 0 Å². The SMILES string of the molecule is CCCCCCCCCCC/C=C/CCCCCCCC(CC(=O)OCCC)C(=O)O. The van der Waals surface area contributed by atoms with Crippen molar-refractivity contribution in [3.63, 3.8) is 0 Å². The van der Waals surface area contributed by atoms with E-state index in [1.54, 1.807) is 0 Å². The third-order valence-corrected chi connectivity index (χ3v) is 5.79. The first-order chi connectivity index (χ1) is 15.1. The predicted octanol–water partition coefficient (Wildman–Crippen LogP) is 8.24. The number of carbonyl (C=O) groups excluding carboxylic acids is 1. The molecule has 0 aliphatic rings. The molecule has 0 spiro atoms. The number of esters is 1. The highest BCUT2D eigenvalue weighted by Crippen LogP contribution is 2.17. The Bertz CT molecular complexity index is 445. The molecule has 0 aromatic heterocycles. The molecule has 4 nitrogen and oxygen atoms in total. The molecule has 0 fully saturated rings. The molecule has 0 aromatic rings. The molecule has 0 bridgehead atoms. The van der Waals surface area contributed by atoms with Crippen LogP contribution in [0.3, 0.4) is 0 Å². The van der Waals surface area contributed by atoms with Crippen molar-refractivity contribution in [3.05, 3.63) is 12.2 Å². The van der Waals surface area contributed by atoms with E-state index in [0.29, 0.717) is 13.0 Å². The second kappa shape index (κ2) is 23.3. The minimum absolute atomic E-state index is 0.000906. The molecule has 0 radical (unpaired) electrons. The summed E-state index contributed by atoms with van der Waals surface area (Å²) in [4.78, 5) is 22.9. The second-order valence-corrected chi connectivity index (χ2v) is 8.89. The first-order valence-corrected chi connectivity index (χ1v) is 13.1. The molecular weight excluding hydrogens is 388 g/mol. The Labute approximate surface area is 192 Å². The maximum Gasteiger partial charge on any atom is 0.307 e. The summed E-state index contributed by atoms with van der Waals surface area (Å²) >= 11 is 0. The smallest absolute Gasteiger partial charge is 0.307 e. The number of rotatable bonds is 23. The van der Waals surface area contributed by atoms with Gasteiger partial charge in [-0.25, -0.2) is 0 Å². The molecule has 31 heavy (non-hydrogen) atoms. The molecule has 1 N–H and O–H groups in total. The van der Waals surface area contributed by atoms with Crippen molar-refractivity contribution in [3.8, 4) is 0 Å². The van der Waals surface area contributed by atoms with Gasteiger partial charge in [-0.2, -0.15) is 0 Å². The molecular formula is C27H50O4. The van der Waals surface area contributed by atoms with Crippen LogP contribution >= 0.6 is 0 Å². The lowest BCUT2D eigenvalue weighted by Crippen LogP contribution is -2.19. The summed E-state index contributed by atoms with van der Waals surface area (Å²) in [5.41, 5.74) is 0. The fourth-order valence-corrected chi connectivity index (χ4v) is 3.78. The number of allylic oxidation sites excluding steroid dienone is 2. The molecule has 0 amide bonds. The molecule has 0 saturated carbocycles. The minimum atomic E-state index is -0.884. The van der Waals surface area contributed by atoms with Gasteiger partial charge in [-0.1, -0.05) is 103 Å². The lowest BCUT2D eigenvalue weighted by Gasteiger charge is -2.11. The first kappa shape index (κ1) is 29.7. The minimum Gasteiger partial charge on any atom is -0.481 e. The van der Waals surface area contributed by atoms with Crippen molar-refractivity contribution >= 4 is 11.9 Å². The Kier molecular flexibility index (Phi) is 22.4. The predicted molar refractivity (Wildman–Crippen MR) is 130 cm³/mol. The van der Waals surface area contributed by atoms with Crippen molar-refractivity contribution in [1.29, 1.82) is 0 Å². The second-order valence-electron chi connectivity index (χ2n) is 8.89. The van der Waals surface area contributed by atoms with Crippen LogP contribution in [0.15, 0.2) is 12.2 Å². The van der Waals surface area contributed by atoms with Crippen LogP contribution in [0.1, 0.15) is 136 Å². The molecule has 182 valence electrons. The summed E-state index contributed by atoms with van der Waals surface area (Å²) in [5.74, 6) is -1.87. The number of hydrogen-bond acceptors (Lipinski definition) is 3. The molecule has 0 aliphatic heterocycles. The Hall–Kier alpha value is -1.32. The van der Waals surface area contributed by atoms with Crippen LogP contribution in [0, 0.1) is 5.92 Å². The maximum atomic E-state index is 11.6. The van der Waals surface area contributed by atoms with Gasteiger partial charge in [-0.3, -0.25) is 9.59 Å². The van der Waals surface area contributed by atoms with E-state index in [1.165, 1.54) is 77.0 Å². The number of unbranched alkanes of at least 4 members (excludes halogenated alkanes) is 14. The number of carboxylic acid groups (broad SMARTS) is 1. The number of hydrogen-bond donors (Lipinski definition) is 1. The average Bonchev–Trinajstić information content (AvgIpc) is 2.75. The standard InChI is InChI=1S/C27H50O4/c1-3-5-6-7-8-9-10-11-12-13-14-15-16-17-18-19-20-21-22-25(27(29)30)24-26(28)31-23-4-2/h14-15,25H,3-13,16-24H2,1-2H3,(H,29,30)/b15-14+. The molecule has 0 aliphatic carbocycles. The van der Waals surface area contributed by atoms with E-state index in [2.05, 4.69) is 19.1 Å². The molecule has 0 aromatic carbocycles. The Morgan fingerprint density at radius 3 is 1.68 bits per heavy atom. The Morgan fingerprint density at radius 1 is 0.710 bits per heavy atom. The van der Waals surface area contributed by atoms with Gasteiger partial charge < -0.3 is 9.84 Å². The van der Waals surface area contributed by atoms with Crippen LogP contribution in [0.5, 0.6) is 0 Å². The normalized spacial score (nSPS) is 12.3. The van der Waals surface area contributed by atoms with Crippen LogP contribution in [0.2, 0.25) is 0 Å². The number of carboxylic acids is 1. The van der Waals surface area contributed by atoms with Crippen molar-refractivity contribution in [1.82, 2.24) is 0 Å². The largest absolute Gasteiger partial charge is 0.481 e. The topological polar surface area (TPSA) is 63.6 Å².